The number of benzene rings is 1. The largest absolute Gasteiger partial charge is 0.419 e. The molecule has 1 aromatic rings. The van der Waals surface area contributed by atoms with Gasteiger partial charge in [0.2, 0.25) is 0 Å². The van der Waals surface area contributed by atoms with Crippen molar-refractivity contribution < 1.29 is 22.4 Å². The zero-order chi connectivity index (χ0) is 18.9. The van der Waals surface area contributed by atoms with Crippen LogP contribution in [-0.4, -0.2) is 23.9 Å². The molecule has 0 bridgehead atoms. The van der Waals surface area contributed by atoms with Crippen molar-refractivity contribution in [2.75, 3.05) is 13.1 Å². The van der Waals surface area contributed by atoms with Gasteiger partial charge in [0.05, 0.1) is 11.1 Å². The van der Waals surface area contributed by atoms with Crippen LogP contribution in [0.3, 0.4) is 0 Å². The molecule has 0 aliphatic heterocycles. The molecule has 2 nitrogen and oxygen atoms in total. The van der Waals surface area contributed by atoms with Crippen molar-refractivity contribution in [2.24, 2.45) is 0 Å². The van der Waals surface area contributed by atoms with Gasteiger partial charge in [-0.15, -0.1) is 0 Å². The van der Waals surface area contributed by atoms with Gasteiger partial charge in [0, 0.05) is 13.1 Å². The maximum Gasteiger partial charge on any atom is 0.419 e. The predicted octanol–water partition coefficient (Wildman–Crippen LogP) is 6.06. The smallest absolute Gasteiger partial charge is 0.339 e. The number of carbonyl (C=O) groups is 1. The summed E-state index contributed by atoms with van der Waals surface area (Å²) in [7, 11) is 0. The van der Waals surface area contributed by atoms with Gasteiger partial charge in [-0.3, -0.25) is 4.79 Å². The van der Waals surface area contributed by atoms with Crippen LogP contribution in [-0.2, 0) is 6.18 Å². The second-order valence-corrected chi connectivity index (χ2v) is 6.22. The summed E-state index contributed by atoms with van der Waals surface area (Å²) >= 11 is 0. The highest BCUT2D eigenvalue weighted by Crippen LogP contribution is 2.32. The number of hydrogen-bond acceptors (Lipinski definition) is 1. The Hall–Kier alpha value is -1.59. The normalized spacial score (nSPS) is 11.6. The average Bonchev–Trinajstić information content (AvgIpc) is 2.55. The third-order valence-electron chi connectivity index (χ3n) is 4.13. The maximum atomic E-state index is 14.2. The van der Waals surface area contributed by atoms with E-state index in [1.807, 2.05) is 6.92 Å². The van der Waals surface area contributed by atoms with Crippen molar-refractivity contribution >= 4 is 5.91 Å². The molecule has 0 fully saturated rings. The van der Waals surface area contributed by atoms with Gasteiger partial charge in [-0.1, -0.05) is 52.0 Å². The van der Waals surface area contributed by atoms with Crippen LogP contribution in [0.1, 0.15) is 74.7 Å². The van der Waals surface area contributed by atoms with Crippen LogP contribution in [0.15, 0.2) is 18.2 Å². The number of carbonyl (C=O) groups excluding carboxylic acids is 1. The fourth-order valence-electron chi connectivity index (χ4n) is 2.68. The van der Waals surface area contributed by atoms with Crippen molar-refractivity contribution in [1.29, 1.82) is 0 Å². The van der Waals surface area contributed by atoms with Crippen LogP contribution < -0.4 is 0 Å². The van der Waals surface area contributed by atoms with Crippen LogP contribution in [0.25, 0.3) is 0 Å². The van der Waals surface area contributed by atoms with E-state index in [9.17, 15) is 22.4 Å². The van der Waals surface area contributed by atoms with Crippen molar-refractivity contribution in [3.05, 3.63) is 35.1 Å². The Labute approximate surface area is 147 Å². The van der Waals surface area contributed by atoms with Crippen molar-refractivity contribution in [1.82, 2.24) is 4.90 Å². The minimum atomic E-state index is -4.81. The Morgan fingerprint density at radius 3 is 2.08 bits per heavy atom. The van der Waals surface area contributed by atoms with Gasteiger partial charge in [0.25, 0.3) is 5.91 Å². The first-order valence-corrected chi connectivity index (χ1v) is 8.97. The van der Waals surface area contributed by atoms with Gasteiger partial charge in [-0.05, 0) is 25.0 Å². The molecule has 0 atom stereocenters. The monoisotopic (exact) mass is 361 g/mol. The number of hydrogen-bond donors (Lipinski definition) is 0. The first-order valence-electron chi connectivity index (χ1n) is 8.97. The molecule has 0 aliphatic rings. The van der Waals surface area contributed by atoms with Crippen LogP contribution in [0.5, 0.6) is 0 Å². The number of alkyl halides is 3. The molecule has 0 radical (unpaired) electrons. The zero-order valence-corrected chi connectivity index (χ0v) is 15.0. The van der Waals surface area contributed by atoms with E-state index in [1.165, 1.54) is 4.90 Å². The van der Waals surface area contributed by atoms with E-state index >= 15 is 0 Å². The van der Waals surface area contributed by atoms with Gasteiger partial charge in [0.1, 0.15) is 5.82 Å². The lowest BCUT2D eigenvalue weighted by atomic mass is 10.1. The molecule has 0 saturated heterocycles. The van der Waals surface area contributed by atoms with Gasteiger partial charge in [0.15, 0.2) is 0 Å². The van der Waals surface area contributed by atoms with Crippen LogP contribution >= 0.6 is 0 Å². The molecule has 25 heavy (non-hydrogen) atoms. The summed E-state index contributed by atoms with van der Waals surface area (Å²) in [6.45, 7) is 4.98. The molecule has 0 spiro atoms. The molecular formula is C19H27F4NO. The Morgan fingerprint density at radius 2 is 1.52 bits per heavy atom. The average molecular weight is 361 g/mol. The topological polar surface area (TPSA) is 20.3 Å². The van der Waals surface area contributed by atoms with E-state index in [2.05, 4.69) is 6.92 Å². The third-order valence-corrected chi connectivity index (χ3v) is 4.13. The molecule has 6 heteroatoms. The lowest BCUT2D eigenvalue weighted by Gasteiger charge is -2.23. The zero-order valence-electron chi connectivity index (χ0n) is 15.0. The predicted molar refractivity (Wildman–Crippen MR) is 91.0 cm³/mol. The summed E-state index contributed by atoms with van der Waals surface area (Å²) in [5, 5.41) is 0. The Balaban J connectivity index is 2.95. The highest BCUT2D eigenvalue weighted by atomic mass is 19.4. The number of unbranched alkanes of at least 4 members (excludes halogenated alkanes) is 5. The van der Waals surface area contributed by atoms with Crippen LogP contribution in [0.2, 0.25) is 0 Å². The van der Waals surface area contributed by atoms with E-state index in [0.29, 0.717) is 19.2 Å². The molecule has 0 heterocycles. The minimum Gasteiger partial charge on any atom is -0.339 e. The molecule has 1 amide bonds. The van der Waals surface area contributed by atoms with Crippen LogP contribution in [0.4, 0.5) is 17.6 Å². The first-order chi connectivity index (χ1) is 11.8. The van der Waals surface area contributed by atoms with E-state index in [-0.39, 0.29) is 0 Å². The molecule has 142 valence electrons. The number of amides is 1. The minimum absolute atomic E-state index is 0.439. The molecule has 1 aromatic carbocycles. The van der Waals surface area contributed by atoms with Crippen molar-refractivity contribution in [3.63, 3.8) is 0 Å². The quantitative estimate of drug-likeness (QED) is 0.366. The van der Waals surface area contributed by atoms with E-state index in [1.54, 1.807) is 0 Å². The number of nitrogens with zero attached hydrogens (tertiary/aromatic N) is 1. The van der Waals surface area contributed by atoms with Gasteiger partial charge in [-0.2, -0.15) is 13.2 Å². The third kappa shape index (κ3) is 6.67. The summed E-state index contributed by atoms with van der Waals surface area (Å²) in [6, 6.07) is 2.88. The fraction of sp³-hybridized carbons (Fsp3) is 0.632. The van der Waals surface area contributed by atoms with Gasteiger partial charge in [-0.25, -0.2) is 4.39 Å². The highest BCUT2D eigenvalue weighted by Gasteiger charge is 2.36. The molecule has 0 unspecified atom stereocenters. The molecule has 0 aromatic heterocycles. The van der Waals surface area contributed by atoms with Crippen molar-refractivity contribution in [3.8, 4) is 0 Å². The summed E-state index contributed by atoms with van der Waals surface area (Å²) in [5.41, 5.74) is -1.89. The standard InChI is InChI=1S/C19H27F4NO/c1-3-5-7-9-14-24(13-8-6-4-2)18(25)15-11-10-12-16(17(15)20)19(21,22)23/h10-12H,3-9,13-14H2,1-2H3. The SMILES string of the molecule is CCCCCCN(CCCCC)C(=O)c1cccc(C(F)(F)F)c1F. The number of rotatable bonds is 10. The second-order valence-electron chi connectivity index (χ2n) is 6.22. The van der Waals surface area contributed by atoms with Crippen LogP contribution in [0, 0.1) is 5.82 Å². The molecule has 0 N–H and O–H groups in total. The summed E-state index contributed by atoms with van der Waals surface area (Å²) in [4.78, 5) is 14.1. The lowest BCUT2D eigenvalue weighted by Crippen LogP contribution is -2.34. The summed E-state index contributed by atoms with van der Waals surface area (Å²) < 4.78 is 52.8. The summed E-state index contributed by atoms with van der Waals surface area (Å²) in [6.07, 6.45) is 1.64. The molecule has 1 rings (SSSR count). The van der Waals surface area contributed by atoms with Gasteiger partial charge < -0.3 is 4.90 Å². The molecular weight excluding hydrogens is 334 g/mol. The Bertz CT molecular complexity index is 543. The molecule has 0 aliphatic carbocycles. The summed E-state index contributed by atoms with van der Waals surface area (Å²) in [5.74, 6) is -2.13. The Kier molecular flexibility index (Phi) is 8.93. The maximum absolute atomic E-state index is 14.2. The van der Waals surface area contributed by atoms with Gasteiger partial charge >= 0.3 is 6.18 Å². The second kappa shape index (κ2) is 10.4. The molecule has 0 saturated carbocycles. The van der Waals surface area contributed by atoms with E-state index in [0.717, 1.165) is 57.1 Å². The van der Waals surface area contributed by atoms with E-state index < -0.39 is 29.0 Å². The lowest BCUT2D eigenvalue weighted by molar-refractivity contribution is -0.140. The van der Waals surface area contributed by atoms with Crippen molar-refractivity contribution in [2.45, 2.75) is 65.0 Å². The fourth-order valence-corrected chi connectivity index (χ4v) is 2.68. The Morgan fingerprint density at radius 1 is 0.960 bits per heavy atom. The first kappa shape index (κ1) is 21.5. The van der Waals surface area contributed by atoms with E-state index in [4.69, 9.17) is 0 Å². The highest BCUT2D eigenvalue weighted by molar-refractivity contribution is 5.94. The number of halogens is 4.